The van der Waals surface area contributed by atoms with Crippen molar-refractivity contribution >= 4 is 0 Å². The van der Waals surface area contributed by atoms with Crippen LogP contribution < -0.4 is 10.1 Å². The van der Waals surface area contributed by atoms with Crippen molar-refractivity contribution in [3.8, 4) is 5.75 Å². The van der Waals surface area contributed by atoms with Crippen LogP contribution in [0.3, 0.4) is 0 Å². The van der Waals surface area contributed by atoms with Crippen LogP contribution >= 0.6 is 0 Å². The Bertz CT molecular complexity index is 379. The maximum atomic E-state index is 5.86. The van der Waals surface area contributed by atoms with E-state index in [9.17, 15) is 0 Å². The molecule has 1 heterocycles. The maximum absolute atomic E-state index is 5.86. The average molecular weight is 219 g/mol. The fraction of sp³-hybridized carbons (Fsp3) is 0.571. The molecule has 1 aromatic carbocycles. The lowest BCUT2D eigenvalue weighted by molar-refractivity contribution is 0.307. The molecule has 1 atom stereocenters. The third-order valence-corrected chi connectivity index (χ3v) is 3.07. The summed E-state index contributed by atoms with van der Waals surface area (Å²) in [5.74, 6) is 1.10. The first-order chi connectivity index (χ1) is 7.54. The molecule has 0 saturated heterocycles. The van der Waals surface area contributed by atoms with Gasteiger partial charge in [-0.05, 0) is 17.5 Å². The van der Waals surface area contributed by atoms with Gasteiger partial charge >= 0.3 is 0 Å². The average Bonchev–Trinajstić information content (AvgIpc) is 2.61. The molecular weight excluding hydrogens is 198 g/mol. The number of rotatable bonds is 2. The summed E-state index contributed by atoms with van der Waals surface area (Å²) in [5, 5.41) is 3.45. The Kier molecular flexibility index (Phi) is 2.94. The monoisotopic (exact) mass is 219 g/mol. The summed E-state index contributed by atoms with van der Waals surface area (Å²) in [6.45, 7) is 10.6. The Balaban J connectivity index is 2.40. The van der Waals surface area contributed by atoms with Gasteiger partial charge in [-0.1, -0.05) is 45.9 Å². The van der Waals surface area contributed by atoms with Crippen LogP contribution in [0.4, 0.5) is 0 Å². The summed E-state index contributed by atoms with van der Waals surface area (Å²) >= 11 is 0. The number of fused-ring (bicyclic) bond motifs is 1. The summed E-state index contributed by atoms with van der Waals surface area (Å²) in [6.07, 6.45) is 0. The Morgan fingerprint density at radius 2 is 2.12 bits per heavy atom. The molecule has 0 fully saturated rings. The van der Waals surface area contributed by atoms with Crippen LogP contribution in [0.2, 0.25) is 0 Å². The number of hydrogen-bond donors (Lipinski definition) is 1. The Labute approximate surface area is 98.0 Å². The second-order valence-electron chi connectivity index (χ2n) is 5.40. The van der Waals surface area contributed by atoms with Crippen molar-refractivity contribution in [2.75, 3.05) is 13.2 Å². The predicted molar refractivity (Wildman–Crippen MR) is 67.1 cm³/mol. The first-order valence-electron chi connectivity index (χ1n) is 6.03. The van der Waals surface area contributed by atoms with Gasteiger partial charge in [-0.25, -0.2) is 0 Å². The van der Waals surface area contributed by atoms with Gasteiger partial charge in [0.2, 0.25) is 0 Å². The van der Waals surface area contributed by atoms with Crippen molar-refractivity contribution in [2.45, 2.75) is 39.2 Å². The highest BCUT2D eigenvalue weighted by molar-refractivity contribution is 5.48. The van der Waals surface area contributed by atoms with Gasteiger partial charge in [0.1, 0.15) is 12.4 Å². The van der Waals surface area contributed by atoms with Crippen LogP contribution in [0.15, 0.2) is 18.2 Å². The number of benzene rings is 1. The van der Waals surface area contributed by atoms with Crippen LogP contribution in [-0.2, 0) is 5.41 Å². The smallest absolute Gasteiger partial charge is 0.128 e. The fourth-order valence-corrected chi connectivity index (χ4v) is 2.25. The number of ether oxygens (including phenoxy) is 1. The molecule has 0 aromatic heterocycles. The molecule has 0 radical (unpaired) electrons. The first-order valence-corrected chi connectivity index (χ1v) is 6.03. The minimum absolute atomic E-state index is 0.145. The number of likely N-dealkylation sites (N-methyl/N-ethyl adjacent to an activating group) is 1. The highest BCUT2D eigenvalue weighted by atomic mass is 16.5. The molecule has 2 rings (SSSR count). The van der Waals surface area contributed by atoms with E-state index in [1.807, 2.05) is 0 Å². The lowest BCUT2D eigenvalue weighted by atomic mass is 9.85. The van der Waals surface area contributed by atoms with Crippen molar-refractivity contribution in [3.05, 3.63) is 29.3 Å². The standard InChI is InChI=1S/C14H21NO/c1-5-15-12-9-16-13-10(12)7-6-8-11(13)14(2,3)4/h6-8,12,15H,5,9H2,1-4H3. The minimum Gasteiger partial charge on any atom is -0.491 e. The van der Waals surface area contributed by atoms with E-state index >= 15 is 0 Å². The molecule has 0 aliphatic carbocycles. The second kappa shape index (κ2) is 4.10. The Morgan fingerprint density at radius 1 is 1.38 bits per heavy atom. The summed E-state index contributed by atoms with van der Waals surface area (Å²) in [5.41, 5.74) is 2.77. The van der Waals surface area contributed by atoms with Crippen molar-refractivity contribution in [2.24, 2.45) is 0 Å². The molecule has 16 heavy (non-hydrogen) atoms. The molecular formula is C14H21NO. The van der Waals surface area contributed by atoms with Crippen LogP contribution in [-0.4, -0.2) is 13.2 Å². The number of para-hydroxylation sites is 1. The van der Waals surface area contributed by atoms with E-state index in [-0.39, 0.29) is 5.41 Å². The van der Waals surface area contributed by atoms with Crippen molar-refractivity contribution < 1.29 is 4.74 Å². The summed E-state index contributed by atoms with van der Waals surface area (Å²) in [6, 6.07) is 6.85. The van der Waals surface area contributed by atoms with Gasteiger partial charge in [-0.3, -0.25) is 0 Å². The fourth-order valence-electron chi connectivity index (χ4n) is 2.25. The first kappa shape index (κ1) is 11.5. The molecule has 2 nitrogen and oxygen atoms in total. The summed E-state index contributed by atoms with van der Waals surface area (Å²) < 4.78 is 5.86. The van der Waals surface area contributed by atoms with E-state index in [0.29, 0.717) is 6.04 Å². The topological polar surface area (TPSA) is 21.3 Å². The Hall–Kier alpha value is -1.02. The quantitative estimate of drug-likeness (QED) is 0.825. The second-order valence-corrected chi connectivity index (χ2v) is 5.40. The van der Waals surface area contributed by atoms with Crippen LogP contribution in [0.1, 0.15) is 44.9 Å². The lowest BCUT2D eigenvalue weighted by Gasteiger charge is -2.21. The summed E-state index contributed by atoms with van der Waals surface area (Å²) in [7, 11) is 0. The highest BCUT2D eigenvalue weighted by Gasteiger charge is 2.29. The van der Waals surface area contributed by atoms with Crippen molar-refractivity contribution in [1.29, 1.82) is 0 Å². The molecule has 88 valence electrons. The van der Waals surface area contributed by atoms with Crippen molar-refractivity contribution in [3.63, 3.8) is 0 Å². The van der Waals surface area contributed by atoms with Gasteiger partial charge in [0.25, 0.3) is 0 Å². The molecule has 0 spiro atoms. The molecule has 1 aliphatic rings. The number of nitrogens with one attached hydrogen (secondary N) is 1. The molecule has 0 saturated carbocycles. The molecule has 1 aliphatic heterocycles. The molecule has 0 bridgehead atoms. The van der Waals surface area contributed by atoms with Gasteiger partial charge in [0, 0.05) is 5.56 Å². The molecule has 2 heteroatoms. The minimum atomic E-state index is 0.145. The maximum Gasteiger partial charge on any atom is 0.128 e. The van der Waals surface area contributed by atoms with E-state index in [0.717, 1.165) is 18.9 Å². The van der Waals surface area contributed by atoms with Crippen LogP contribution in [0, 0.1) is 0 Å². The third kappa shape index (κ3) is 1.94. The molecule has 1 unspecified atom stereocenters. The third-order valence-electron chi connectivity index (χ3n) is 3.07. The van der Waals surface area contributed by atoms with Gasteiger partial charge < -0.3 is 10.1 Å². The summed E-state index contributed by atoms with van der Waals surface area (Å²) in [4.78, 5) is 0. The molecule has 1 aromatic rings. The highest BCUT2D eigenvalue weighted by Crippen LogP contribution is 2.40. The van der Waals surface area contributed by atoms with Gasteiger partial charge in [0.15, 0.2) is 0 Å². The van der Waals surface area contributed by atoms with E-state index < -0.39 is 0 Å². The van der Waals surface area contributed by atoms with Crippen molar-refractivity contribution in [1.82, 2.24) is 5.32 Å². The van der Waals surface area contributed by atoms with E-state index in [1.54, 1.807) is 0 Å². The van der Waals surface area contributed by atoms with E-state index in [4.69, 9.17) is 4.74 Å². The lowest BCUT2D eigenvalue weighted by Crippen LogP contribution is -2.21. The zero-order valence-electron chi connectivity index (χ0n) is 10.6. The van der Waals surface area contributed by atoms with Gasteiger partial charge in [0.05, 0.1) is 6.04 Å². The van der Waals surface area contributed by atoms with E-state index in [1.165, 1.54) is 11.1 Å². The largest absolute Gasteiger partial charge is 0.491 e. The van der Waals surface area contributed by atoms with Crippen LogP contribution in [0.5, 0.6) is 5.75 Å². The van der Waals surface area contributed by atoms with E-state index in [2.05, 4.69) is 51.2 Å². The Morgan fingerprint density at radius 3 is 2.75 bits per heavy atom. The SMILES string of the molecule is CCNC1COc2c1cccc2C(C)(C)C. The zero-order valence-corrected chi connectivity index (χ0v) is 10.6. The van der Waals surface area contributed by atoms with Crippen LogP contribution in [0.25, 0.3) is 0 Å². The normalized spacial score (nSPS) is 19.4. The van der Waals surface area contributed by atoms with Gasteiger partial charge in [-0.15, -0.1) is 0 Å². The van der Waals surface area contributed by atoms with Gasteiger partial charge in [-0.2, -0.15) is 0 Å². The number of hydrogen-bond acceptors (Lipinski definition) is 2. The predicted octanol–water partition coefficient (Wildman–Crippen LogP) is 3.03. The zero-order chi connectivity index (χ0) is 11.8. The molecule has 0 amide bonds. The molecule has 1 N–H and O–H groups in total.